The molecule has 2 N–H and O–H groups in total. The molecule has 0 aromatic heterocycles. The number of nitrogens with one attached hydrogen (secondary N) is 2. The van der Waals surface area contributed by atoms with E-state index >= 15 is 0 Å². The Hall–Kier alpha value is -1.84. The first-order valence-corrected chi connectivity index (χ1v) is 7.70. The Balaban J connectivity index is 1.79. The van der Waals surface area contributed by atoms with Crippen molar-refractivity contribution >= 4 is 11.8 Å². The van der Waals surface area contributed by atoms with Gasteiger partial charge in [0.25, 0.3) is 0 Å². The summed E-state index contributed by atoms with van der Waals surface area (Å²) in [6.07, 6.45) is 4.43. The van der Waals surface area contributed by atoms with Crippen LogP contribution in [0.1, 0.15) is 43.7 Å². The van der Waals surface area contributed by atoms with Crippen molar-refractivity contribution < 1.29 is 9.59 Å². The molecule has 21 heavy (non-hydrogen) atoms. The van der Waals surface area contributed by atoms with Gasteiger partial charge in [-0.05, 0) is 31.2 Å². The average molecular weight is 288 g/mol. The molecule has 2 amide bonds. The molecule has 1 aliphatic rings. The highest BCUT2D eigenvalue weighted by atomic mass is 16.2. The highest BCUT2D eigenvalue weighted by molar-refractivity contribution is 6.35. The molecule has 0 heterocycles. The molecule has 0 spiro atoms. The number of carbonyl (C=O) groups is 2. The van der Waals surface area contributed by atoms with Gasteiger partial charge in [-0.15, -0.1) is 0 Å². The molecule has 1 aliphatic carbocycles. The summed E-state index contributed by atoms with van der Waals surface area (Å²) in [5.74, 6) is -0.609. The van der Waals surface area contributed by atoms with Crippen LogP contribution in [0, 0.1) is 12.8 Å². The minimum absolute atomic E-state index is 0.136. The van der Waals surface area contributed by atoms with E-state index in [9.17, 15) is 9.59 Å². The van der Waals surface area contributed by atoms with Crippen LogP contribution in [0.25, 0.3) is 0 Å². The zero-order valence-corrected chi connectivity index (χ0v) is 12.8. The maximum absolute atomic E-state index is 11.9. The van der Waals surface area contributed by atoms with E-state index in [-0.39, 0.29) is 6.04 Å². The van der Waals surface area contributed by atoms with E-state index in [1.807, 2.05) is 31.2 Å². The van der Waals surface area contributed by atoms with Crippen LogP contribution in [-0.4, -0.2) is 17.9 Å². The molecule has 0 bridgehead atoms. The number of rotatable bonds is 3. The summed E-state index contributed by atoms with van der Waals surface area (Å²) in [5, 5.41) is 5.53. The summed E-state index contributed by atoms with van der Waals surface area (Å²) in [6.45, 7) is 4.53. The van der Waals surface area contributed by atoms with Crippen molar-refractivity contribution in [3.05, 3.63) is 35.4 Å². The lowest BCUT2D eigenvalue weighted by molar-refractivity contribution is -0.140. The Morgan fingerprint density at radius 2 is 1.76 bits per heavy atom. The van der Waals surface area contributed by atoms with Gasteiger partial charge in [0.2, 0.25) is 0 Å². The number of carbonyl (C=O) groups excluding carboxylic acids is 2. The molecular weight excluding hydrogens is 264 g/mol. The van der Waals surface area contributed by atoms with Crippen LogP contribution < -0.4 is 10.6 Å². The number of amides is 2. The van der Waals surface area contributed by atoms with Crippen LogP contribution >= 0.6 is 0 Å². The van der Waals surface area contributed by atoms with Crippen LogP contribution in [0.15, 0.2) is 24.3 Å². The predicted octanol–water partition coefficient (Wildman–Crippen LogP) is 2.31. The third-order valence-electron chi connectivity index (χ3n) is 4.21. The molecule has 0 saturated heterocycles. The Morgan fingerprint density at radius 3 is 2.43 bits per heavy atom. The van der Waals surface area contributed by atoms with E-state index < -0.39 is 11.8 Å². The quantitative estimate of drug-likeness (QED) is 0.839. The fourth-order valence-electron chi connectivity index (χ4n) is 2.73. The molecule has 1 saturated carbocycles. The van der Waals surface area contributed by atoms with Gasteiger partial charge in [-0.1, -0.05) is 49.6 Å². The molecule has 1 aromatic carbocycles. The van der Waals surface area contributed by atoms with Gasteiger partial charge >= 0.3 is 11.8 Å². The fourth-order valence-corrected chi connectivity index (χ4v) is 2.73. The summed E-state index contributed by atoms with van der Waals surface area (Å²) in [6, 6.07) is 8.03. The lowest BCUT2D eigenvalue weighted by Gasteiger charge is -2.29. The van der Waals surface area contributed by atoms with Crippen LogP contribution in [-0.2, 0) is 16.1 Å². The van der Waals surface area contributed by atoms with Crippen molar-refractivity contribution in [2.75, 3.05) is 0 Å². The molecule has 4 nitrogen and oxygen atoms in total. The summed E-state index contributed by atoms with van der Waals surface area (Å²) in [5.41, 5.74) is 2.17. The standard InChI is InChI=1S/C17H24N2O2/c1-12-7-9-14(10-8-12)11-18-16(20)17(21)19-15-6-4-3-5-13(15)2/h7-10,13,15H,3-6,11H2,1-2H3,(H,18,20)(H,19,21)/t13-,15-/m0/s1. The second-order valence-corrected chi connectivity index (χ2v) is 6.01. The second-order valence-electron chi connectivity index (χ2n) is 6.01. The normalized spacial score (nSPS) is 21.6. The summed E-state index contributed by atoms with van der Waals surface area (Å²) < 4.78 is 0. The molecule has 0 unspecified atom stereocenters. The van der Waals surface area contributed by atoms with E-state index in [0.29, 0.717) is 12.5 Å². The average Bonchev–Trinajstić information content (AvgIpc) is 2.48. The molecule has 1 aromatic rings. The van der Waals surface area contributed by atoms with Crippen molar-refractivity contribution in [3.8, 4) is 0 Å². The minimum Gasteiger partial charge on any atom is -0.345 e. The third-order valence-corrected chi connectivity index (χ3v) is 4.21. The van der Waals surface area contributed by atoms with E-state index in [4.69, 9.17) is 0 Å². The Labute approximate surface area is 126 Å². The number of hydrogen-bond donors (Lipinski definition) is 2. The molecule has 4 heteroatoms. The molecule has 2 rings (SSSR count). The van der Waals surface area contributed by atoms with E-state index in [1.165, 1.54) is 12.0 Å². The lowest BCUT2D eigenvalue weighted by Crippen LogP contribution is -2.47. The Kier molecular flexibility index (Phi) is 5.37. The van der Waals surface area contributed by atoms with Crippen LogP contribution in [0.4, 0.5) is 0 Å². The van der Waals surface area contributed by atoms with Crippen LogP contribution in [0.5, 0.6) is 0 Å². The van der Waals surface area contributed by atoms with E-state index in [1.54, 1.807) is 0 Å². The van der Waals surface area contributed by atoms with Gasteiger partial charge < -0.3 is 10.6 Å². The smallest absolute Gasteiger partial charge is 0.309 e. The largest absolute Gasteiger partial charge is 0.345 e. The highest BCUT2D eigenvalue weighted by Crippen LogP contribution is 2.23. The van der Waals surface area contributed by atoms with Gasteiger partial charge in [0.05, 0.1) is 0 Å². The van der Waals surface area contributed by atoms with E-state index in [2.05, 4.69) is 17.6 Å². The SMILES string of the molecule is Cc1ccc(CNC(=O)C(=O)N[C@H]2CCCC[C@@H]2C)cc1. The van der Waals surface area contributed by atoms with Gasteiger partial charge in [0.1, 0.15) is 0 Å². The van der Waals surface area contributed by atoms with Gasteiger partial charge in [0, 0.05) is 12.6 Å². The molecular formula is C17H24N2O2. The minimum atomic E-state index is -0.548. The van der Waals surface area contributed by atoms with Crippen molar-refractivity contribution in [1.82, 2.24) is 10.6 Å². The number of benzene rings is 1. The molecule has 1 fully saturated rings. The molecule has 0 aliphatic heterocycles. The summed E-state index contributed by atoms with van der Waals surface area (Å²) >= 11 is 0. The fraction of sp³-hybridized carbons (Fsp3) is 0.529. The maximum atomic E-state index is 11.9. The van der Waals surface area contributed by atoms with Crippen molar-refractivity contribution in [3.63, 3.8) is 0 Å². The Bertz CT molecular complexity index is 496. The van der Waals surface area contributed by atoms with Crippen LogP contribution in [0.3, 0.4) is 0 Å². The second kappa shape index (κ2) is 7.25. The summed E-state index contributed by atoms with van der Waals surface area (Å²) in [4.78, 5) is 23.7. The highest BCUT2D eigenvalue weighted by Gasteiger charge is 2.25. The zero-order chi connectivity index (χ0) is 15.2. The maximum Gasteiger partial charge on any atom is 0.309 e. The summed E-state index contributed by atoms with van der Waals surface area (Å²) in [7, 11) is 0. The first-order valence-electron chi connectivity index (χ1n) is 7.70. The van der Waals surface area contributed by atoms with Crippen molar-refractivity contribution in [2.45, 2.75) is 52.1 Å². The zero-order valence-electron chi connectivity index (χ0n) is 12.8. The topological polar surface area (TPSA) is 58.2 Å². The molecule has 114 valence electrons. The van der Waals surface area contributed by atoms with Crippen molar-refractivity contribution in [2.24, 2.45) is 5.92 Å². The van der Waals surface area contributed by atoms with Crippen molar-refractivity contribution in [1.29, 1.82) is 0 Å². The van der Waals surface area contributed by atoms with Gasteiger partial charge in [0.15, 0.2) is 0 Å². The van der Waals surface area contributed by atoms with Gasteiger partial charge in [-0.25, -0.2) is 0 Å². The Morgan fingerprint density at radius 1 is 1.10 bits per heavy atom. The van der Waals surface area contributed by atoms with Gasteiger partial charge in [-0.2, -0.15) is 0 Å². The molecule has 0 radical (unpaired) electrons. The first kappa shape index (κ1) is 15.5. The third kappa shape index (κ3) is 4.59. The molecule has 2 atom stereocenters. The monoisotopic (exact) mass is 288 g/mol. The first-order chi connectivity index (χ1) is 10.1. The number of hydrogen-bond acceptors (Lipinski definition) is 2. The van der Waals surface area contributed by atoms with Gasteiger partial charge in [-0.3, -0.25) is 9.59 Å². The van der Waals surface area contributed by atoms with Crippen LogP contribution in [0.2, 0.25) is 0 Å². The van der Waals surface area contributed by atoms with E-state index in [0.717, 1.165) is 24.8 Å². The number of aryl methyl sites for hydroxylation is 1. The lowest BCUT2D eigenvalue weighted by atomic mass is 9.86. The predicted molar refractivity (Wildman–Crippen MR) is 82.6 cm³/mol.